The molecule has 2 aromatic heterocycles. The van der Waals surface area contributed by atoms with E-state index in [0.29, 0.717) is 21.9 Å². The average Bonchev–Trinajstić information content (AvgIpc) is 3.22. The quantitative estimate of drug-likeness (QED) is 0.477. The Morgan fingerprint density at radius 1 is 1.03 bits per heavy atom. The molecular formula is C22H19ClN2O4S. The molecule has 6 nitrogen and oxygen atoms in total. The molecular weight excluding hydrogens is 424 g/mol. The van der Waals surface area contributed by atoms with Crippen molar-refractivity contribution in [2.45, 2.75) is 24.9 Å². The summed E-state index contributed by atoms with van der Waals surface area (Å²) in [6, 6.07) is 16.7. The smallest absolute Gasteiger partial charge is 0.252 e. The summed E-state index contributed by atoms with van der Waals surface area (Å²) in [5.41, 5.74) is 1.76. The SMILES string of the molecule is Cc1ccc2[nH]c(=O)c(CN(Cc3ccco3)S(=O)(=O)c3ccc(Cl)cc3)cc2c1. The van der Waals surface area contributed by atoms with Crippen LogP contribution >= 0.6 is 11.6 Å². The van der Waals surface area contributed by atoms with Crippen LogP contribution in [-0.2, 0) is 23.1 Å². The molecule has 0 aliphatic carbocycles. The highest BCUT2D eigenvalue weighted by Gasteiger charge is 2.27. The summed E-state index contributed by atoms with van der Waals surface area (Å²) >= 11 is 5.91. The van der Waals surface area contributed by atoms with Crippen LogP contribution in [0.2, 0.25) is 5.02 Å². The molecule has 0 saturated carbocycles. The zero-order valence-electron chi connectivity index (χ0n) is 16.1. The van der Waals surface area contributed by atoms with Gasteiger partial charge in [-0.25, -0.2) is 8.42 Å². The lowest BCUT2D eigenvalue weighted by Gasteiger charge is -2.21. The van der Waals surface area contributed by atoms with Crippen molar-refractivity contribution in [2.75, 3.05) is 0 Å². The molecule has 1 N–H and O–H groups in total. The zero-order chi connectivity index (χ0) is 21.3. The molecule has 2 heterocycles. The minimum Gasteiger partial charge on any atom is -0.468 e. The highest BCUT2D eigenvalue weighted by atomic mass is 35.5. The van der Waals surface area contributed by atoms with Crippen LogP contribution in [0.25, 0.3) is 10.9 Å². The molecule has 154 valence electrons. The second kappa shape index (κ2) is 8.10. The maximum Gasteiger partial charge on any atom is 0.252 e. The maximum absolute atomic E-state index is 13.3. The van der Waals surface area contributed by atoms with Gasteiger partial charge in [-0.1, -0.05) is 23.2 Å². The predicted octanol–water partition coefficient (Wildman–Crippen LogP) is 4.47. The Morgan fingerprint density at radius 3 is 2.50 bits per heavy atom. The number of hydrogen-bond acceptors (Lipinski definition) is 4. The average molecular weight is 443 g/mol. The van der Waals surface area contributed by atoms with Gasteiger partial charge in [0.15, 0.2) is 0 Å². The highest BCUT2D eigenvalue weighted by Crippen LogP contribution is 2.23. The second-order valence-electron chi connectivity index (χ2n) is 7.02. The molecule has 0 spiro atoms. The third-order valence-corrected chi connectivity index (χ3v) is 6.84. The van der Waals surface area contributed by atoms with E-state index in [9.17, 15) is 13.2 Å². The van der Waals surface area contributed by atoms with Crippen LogP contribution in [0.1, 0.15) is 16.9 Å². The normalized spacial score (nSPS) is 12.0. The fourth-order valence-electron chi connectivity index (χ4n) is 3.24. The van der Waals surface area contributed by atoms with Gasteiger partial charge >= 0.3 is 0 Å². The van der Waals surface area contributed by atoms with Gasteiger partial charge in [-0.2, -0.15) is 4.31 Å². The molecule has 0 aliphatic rings. The Bertz CT molecular complexity index is 1340. The van der Waals surface area contributed by atoms with E-state index in [2.05, 4.69) is 4.98 Å². The third kappa shape index (κ3) is 4.18. The van der Waals surface area contributed by atoms with E-state index in [4.69, 9.17) is 16.0 Å². The van der Waals surface area contributed by atoms with Crippen molar-refractivity contribution < 1.29 is 12.8 Å². The van der Waals surface area contributed by atoms with E-state index < -0.39 is 10.0 Å². The number of pyridine rings is 1. The van der Waals surface area contributed by atoms with Gasteiger partial charge in [-0.05, 0) is 66.9 Å². The highest BCUT2D eigenvalue weighted by molar-refractivity contribution is 7.89. The van der Waals surface area contributed by atoms with E-state index >= 15 is 0 Å². The van der Waals surface area contributed by atoms with Crippen LogP contribution in [0.3, 0.4) is 0 Å². The van der Waals surface area contributed by atoms with E-state index in [1.54, 1.807) is 18.2 Å². The molecule has 0 atom stereocenters. The fourth-order valence-corrected chi connectivity index (χ4v) is 4.75. The molecule has 4 aromatic rings. The minimum atomic E-state index is -3.91. The first-order chi connectivity index (χ1) is 14.3. The lowest BCUT2D eigenvalue weighted by Crippen LogP contribution is -2.32. The van der Waals surface area contributed by atoms with Gasteiger partial charge in [0.25, 0.3) is 5.56 Å². The summed E-state index contributed by atoms with van der Waals surface area (Å²) in [6.07, 6.45) is 1.48. The number of nitrogens with zero attached hydrogens (tertiary/aromatic N) is 1. The Hall–Kier alpha value is -2.87. The Kier molecular flexibility index (Phi) is 5.51. The molecule has 0 fully saturated rings. The first kappa shape index (κ1) is 20.4. The Labute approximate surface area is 178 Å². The molecule has 0 bridgehead atoms. The molecule has 0 unspecified atom stereocenters. The number of hydrogen-bond donors (Lipinski definition) is 1. The molecule has 0 aliphatic heterocycles. The van der Waals surface area contributed by atoms with Crippen LogP contribution in [0.4, 0.5) is 0 Å². The maximum atomic E-state index is 13.3. The summed E-state index contributed by atoms with van der Waals surface area (Å²) in [5.74, 6) is 0.473. The fraction of sp³-hybridized carbons (Fsp3) is 0.136. The number of aryl methyl sites for hydroxylation is 1. The van der Waals surface area contributed by atoms with Crippen LogP contribution in [0.5, 0.6) is 0 Å². The van der Waals surface area contributed by atoms with Crippen molar-refractivity contribution in [2.24, 2.45) is 0 Å². The van der Waals surface area contributed by atoms with Crippen molar-refractivity contribution in [3.05, 3.63) is 99.2 Å². The zero-order valence-corrected chi connectivity index (χ0v) is 17.7. The van der Waals surface area contributed by atoms with Gasteiger partial charge in [0.05, 0.1) is 17.7 Å². The van der Waals surface area contributed by atoms with Crippen molar-refractivity contribution in [3.63, 3.8) is 0 Å². The summed E-state index contributed by atoms with van der Waals surface area (Å²) in [4.78, 5) is 15.6. The van der Waals surface area contributed by atoms with Crippen LogP contribution < -0.4 is 5.56 Å². The number of H-pyrrole nitrogens is 1. The molecule has 4 rings (SSSR count). The van der Waals surface area contributed by atoms with Crippen molar-refractivity contribution >= 4 is 32.5 Å². The standard InChI is InChI=1S/C22H19ClN2O4S/c1-15-4-9-21-16(11-15)12-17(22(26)24-21)13-25(14-19-3-2-10-29-19)30(27,28)20-7-5-18(23)6-8-20/h2-12H,13-14H2,1H3,(H,24,26). The molecule has 2 aromatic carbocycles. The van der Waals surface area contributed by atoms with Crippen molar-refractivity contribution in [3.8, 4) is 0 Å². The number of sulfonamides is 1. The first-order valence-corrected chi connectivity index (χ1v) is 11.1. The number of fused-ring (bicyclic) bond motifs is 1. The molecule has 8 heteroatoms. The number of halogens is 1. The third-order valence-electron chi connectivity index (χ3n) is 4.79. The van der Waals surface area contributed by atoms with E-state index in [1.165, 1.54) is 34.8 Å². The molecule has 0 radical (unpaired) electrons. The topological polar surface area (TPSA) is 83.4 Å². The van der Waals surface area contributed by atoms with Crippen molar-refractivity contribution in [1.82, 2.24) is 9.29 Å². The number of aromatic amines is 1. The summed E-state index contributed by atoms with van der Waals surface area (Å²) in [7, 11) is -3.91. The molecule has 0 saturated heterocycles. The van der Waals surface area contributed by atoms with E-state index in [1.807, 2.05) is 25.1 Å². The Morgan fingerprint density at radius 2 is 1.80 bits per heavy atom. The predicted molar refractivity (Wildman–Crippen MR) is 116 cm³/mol. The number of nitrogens with one attached hydrogen (secondary N) is 1. The lowest BCUT2D eigenvalue weighted by atomic mass is 10.1. The number of rotatable bonds is 6. The lowest BCUT2D eigenvalue weighted by molar-refractivity contribution is 0.357. The van der Waals surface area contributed by atoms with Crippen LogP contribution in [0, 0.1) is 6.92 Å². The minimum absolute atomic E-state index is 0.0107. The summed E-state index contributed by atoms with van der Waals surface area (Å²) in [5, 5.41) is 1.28. The van der Waals surface area contributed by atoms with E-state index in [0.717, 1.165) is 10.9 Å². The number of furan rings is 1. The van der Waals surface area contributed by atoms with Crippen molar-refractivity contribution in [1.29, 1.82) is 0 Å². The molecule has 0 amide bonds. The van der Waals surface area contributed by atoms with E-state index in [-0.39, 0.29) is 23.5 Å². The second-order valence-corrected chi connectivity index (χ2v) is 9.40. The van der Waals surface area contributed by atoms with Gasteiger partial charge < -0.3 is 9.40 Å². The monoisotopic (exact) mass is 442 g/mol. The Balaban J connectivity index is 1.77. The first-order valence-electron chi connectivity index (χ1n) is 9.23. The summed E-state index contributed by atoms with van der Waals surface area (Å²) < 4.78 is 33.2. The number of benzene rings is 2. The van der Waals surface area contributed by atoms with Gasteiger partial charge in [0.2, 0.25) is 10.0 Å². The molecule has 30 heavy (non-hydrogen) atoms. The van der Waals surface area contributed by atoms with Crippen LogP contribution in [-0.4, -0.2) is 17.7 Å². The summed E-state index contributed by atoms with van der Waals surface area (Å²) in [6.45, 7) is 1.84. The number of aromatic nitrogens is 1. The van der Waals surface area contributed by atoms with Gasteiger partial charge in [-0.3, -0.25) is 4.79 Å². The van der Waals surface area contributed by atoms with Gasteiger partial charge in [0, 0.05) is 22.6 Å². The largest absolute Gasteiger partial charge is 0.468 e. The van der Waals surface area contributed by atoms with Gasteiger partial charge in [0.1, 0.15) is 5.76 Å². The van der Waals surface area contributed by atoms with Gasteiger partial charge in [-0.15, -0.1) is 0 Å². The van der Waals surface area contributed by atoms with Crippen LogP contribution in [0.15, 0.2) is 81.0 Å².